The summed E-state index contributed by atoms with van der Waals surface area (Å²) >= 11 is 1.24. The number of nitrogens with one attached hydrogen (secondary N) is 1. The summed E-state index contributed by atoms with van der Waals surface area (Å²) in [4.78, 5) is 12.7. The quantitative estimate of drug-likeness (QED) is 0.600. The number of carbonyl (C=O) groups is 1. The summed E-state index contributed by atoms with van der Waals surface area (Å²) in [5.41, 5.74) is 1.01. The standard InChI is InChI=1S/C20H17F2NO3S/c1-2-25-17-5-3-4-6-18(17)26-11-13-9-19(27-12-13)20(24)23-14-7-8-15(21)16(22)10-14/h3-10,12H,2,11H2,1H3,(H,23,24). The first-order valence-electron chi connectivity index (χ1n) is 8.25. The Morgan fingerprint density at radius 1 is 1.04 bits per heavy atom. The van der Waals surface area contributed by atoms with Gasteiger partial charge in [0.1, 0.15) is 6.61 Å². The second-order valence-electron chi connectivity index (χ2n) is 5.57. The molecule has 2 aromatic carbocycles. The lowest BCUT2D eigenvalue weighted by Crippen LogP contribution is -2.10. The van der Waals surface area contributed by atoms with Crippen LogP contribution in [0.1, 0.15) is 22.2 Å². The first kappa shape index (κ1) is 18.8. The molecule has 4 nitrogen and oxygen atoms in total. The zero-order chi connectivity index (χ0) is 19.2. The number of hydrogen-bond acceptors (Lipinski definition) is 4. The van der Waals surface area contributed by atoms with Crippen LogP contribution < -0.4 is 14.8 Å². The van der Waals surface area contributed by atoms with Crippen LogP contribution in [-0.4, -0.2) is 12.5 Å². The highest BCUT2D eigenvalue weighted by Gasteiger charge is 2.12. The Morgan fingerprint density at radius 3 is 2.48 bits per heavy atom. The Morgan fingerprint density at radius 2 is 1.78 bits per heavy atom. The third-order valence-corrected chi connectivity index (χ3v) is 4.58. The van der Waals surface area contributed by atoms with Crippen LogP contribution in [0.4, 0.5) is 14.5 Å². The van der Waals surface area contributed by atoms with Crippen LogP contribution in [0.2, 0.25) is 0 Å². The van der Waals surface area contributed by atoms with E-state index in [1.165, 1.54) is 17.4 Å². The van der Waals surface area contributed by atoms with E-state index >= 15 is 0 Å². The molecule has 140 valence electrons. The fourth-order valence-electron chi connectivity index (χ4n) is 2.34. The van der Waals surface area contributed by atoms with Crippen LogP contribution in [0, 0.1) is 11.6 Å². The normalized spacial score (nSPS) is 10.5. The van der Waals surface area contributed by atoms with Crippen LogP contribution in [0.3, 0.4) is 0 Å². The minimum absolute atomic E-state index is 0.191. The van der Waals surface area contributed by atoms with Crippen molar-refractivity contribution in [1.29, 1.82) is 0 Å². The maximum Gasteiger partial charge on any atom is 0.265 e. The number of thiophene rings is 1. The van der Waals surface area contributed by atoms with Crippen molar-refractivity contribution in [2.24, 2.45) is 0 Å². The molecule has 3 rings (SSSR count). The zero-order valence-corrected chi connectivity index (χ0v) is 15.3. The fraction of sp³-hybridized carbons (Fsp3) is 0.150. The maximum absolute atomic E-state index is 13.2. The molecule has 27 heavy (non-hydrogen) atoms. The van der Waals surface area contributed by atoms with E-state index < -0.39 is 17.5 Å². The van der Waals surface area contributed by atoms with Gasteiger partial charge < -0.3 is 14.8 Å². The molecule has 0 spiro atoms. The molecule has 0 aliphatic heterocycles. The minimum Gasteiger partial charge on any atom is -0.490 e. The molecule has 0 saturated carbocycles. The highest BCUT2D eigenvalue weighted by Crippen LogP contribution is 2.28. The minimum atomic E-state index is -1.01. The van der Waals surface area contributed by atoms with Crippen LogP contribution in [0.15, 0.2) is 53.9 Å². The summed E-state index contributed by atoms with van der Waals surface area (Å²) in [6, 6.07) is 12.3. The second-order valence-corrected chi connectivity index (χ2v) is 6.48. The molecule has 3 aromatic rings. The van der Waals surface area contributed by atoms with Crippen molar-refractivity contribution in [2.45, 2.75) is 13.5 Å². The molecule has 0 aliphatic rings. The van der Waals surface area contributed by atoms with Crippen LogP contribution in [-0.2, 0) is 6.61 Å². The van der Waals surface area contributed by atoms with Crippen LogP contribution in [0.25, 0.3) is 0 Å². The van der Waals surface area contributed by atoms with E-state index in [0.29, 0.717) is 23.0 Å². The molecule has 0 radical (unpaired) electrons. The van der Waals surface area contributed by atoms with Crippen molar-refractivity contribution in [1.82, 2.24) is 0 Å². The molecule has 7 heteroatoms. The number of ether oxygens (including phenoxy) is 2. The van der Waals surface area contributed by atoms with Gasteiger partial charge in [-0.05, 0) is 42.6 Å². The lowest BCUT2D eigenvalue weighted by atomic mass is 10.2. The number of carbonyl (C=O) groups excluding carboxylic acids is 1. The second kappa shape index (κ2) is 8.64. The van der Waals surface area contributed by atoms with Crippen molar-refractivity contribution in [3.05, 3.63) is 76.0 Å². The van der Waals surface area contributed by atoms with Crippen LogP contribution in [0.5, 0.6) is 11.5 Å². The molecule has 0 atom stereocenters. The molecule has 1 amide bonds. The SMILES string of the molecule is CCOc1ccccc1OCc1csc(C(=O)Nc2ccc(F)c(F)c2)c1. The van der Waals surface area contributed by atoms with Gasteiger partial charge in [0.25, 0.3) is 5.91 Å². The first-order chi connectivity index (χ1) is 13.1. The summed E-state index contributed by atoms with van der Waals surface area (Å²) in [5.74, 6) is -1.09. The third-order valence-electron chi connectivity index (χ3n) is 3.60. The Hall–Kier alpha value is -2.93. The van der Waals surface area contributed by atoms with E-state index in [-0.39, 0.29) is 12.3 Å². The van der Waals surface area contributed by atoms with Gasteiger partial charge >= 0.3 is 0 Å². The third kappa shape index (κ3) is 4.83. The molecular formula is C20H17F2NO3S. The largest absolute Gasteiger partial charge is 0.490 e. The summed E-state index contributed by atoms with van der Waals surface area (Å²) in [6.07, 6.45) is 0. The number of benzene rings is 2. The predicted molar refractivity (Wildman–Crippen MR) is 101 cm³/mol. The predicted octanol–water partition coefficient (Wildman–Crippen LogP) is 5.26. The average molecular weight is 389 g/mol. The monoisotopic (exact) mass is 389 g/mol. The van der Waals surface area contributed by atoms with Crippen LogP contribution >= 0.6 is 11.3 Å². The van der Waals surface area contributed by atoms with E-state index in [4.69, 9.17) is 9.47 Å². The molecule has 0 unspecified atom stereocenters. The van der Waals surface area contributed by atoms with Gasteiger partial charge in [0.2, 0.25) is 0 Å². The molecule has 0 bridgehead atoms. The van der Waals surface area contributed by atoms with E-state index in [0.717, 1.165) is 17.7 Å². The summed E-state index contributed by atoms with van der Waals surface area (Å²) < 4.78 is 37.5. The van der Waals surface area contributed by atoms with E-state index in [1.807, 2.05) is 36.6 Å². The number of para-hydroxylation sites is 2. The van der Waals surface area contributed by atoms with Crippen molar-refractivity contribution < 1.29 is 23.0 Å². The molecule has 1 N–H and O–H groups in total. The van der Waals surface area contributed by atoms with Gasteiger partial charge in [-0.3, -0.25) is 4.79 Å². The first-order valence-corrected chi connectivity index (χ1v) is 9.13. The van der Waals surface area contributed by atoms with Gasteiger partial charge in [0, 0.05) is 17.3 Å². The van der Waals surface area contributed by atoms with E-state index in [1.54, 1.807) is 6.07 Å². The summed E-state index contributed by atoms with van der Waals surface area (Å²) in [7, 11) is 0. The Balaban J connectivity index is 1.62. The van der Waals surface area contributed by atoms with Crippen molar-refractivity contribution in [3.8, 4) is 11.5 Å². The van der Waals surface area contributed by atoms with Crippen molar-refractivity contribution in [2.75, 3.05) is 11.9 Å². The molecule has 1 aromatic heterocycles. The van der Waals surface area contributed by atoms with Crippen molar-refractivity contribution >= 4 is 22.9 Å². The van der Waals surface area contributed by atoms with E-state index in [2.05, 4.69) is 5.32 Å². The molecule has 1 heterocycles. The topological polar surface area (TPSA) is 47.6 Å². The zero-order valence-electron chi connectivity index (χ0n) is 14.5. The van der Waals surface area contributed by atoms with Gasteiger partial charge in [-0.1, -0.05) is 12.1 Å². The number of anilines is 1. The summed E-state index contributed by atoms with van der Waals surface area (Å²) in [6.45, 7) is 2.71. The Bertz CT molecular complexity index is 942. The number of rotatable bonds is 7. The Labute approximate surface area is 159 Å². The van der Waals surface area contributed by atoms with Gasteiger partial charge in [0.05, 0.1) is 11.5 Å². The van der Waals surface area contributed by atoms with E-state index in [9.17, 15) is 13.6 Å². The van der Waals surface area contributed by atoms with Gasteiger partial charge in [0.15, 0.2) is 23.1 Å². The maximum atomic E-state index is 13.2. The average Bonchev–Trinajstić information content (AvgIpc) is 3.13. The lowest BCUT2D eigenvalue weighted by Gasteiger charge is -2.10. The number of amides is 1. The highest BCUT2D eigenvalue weighted by atomic mass is 32.1. The lowest BCUT2D eigenvalue weighted by molar-refractivity contribution is 0.103. The molecule has 0 aliphatic carbocycles. The van der Waals surface area contributed by atoms with Gasteiger partial charge in [-0.25, -0.2) is 8.78 Å². The fourth-order valence-corrected chi connectivity index (χ4v) is 3.13. The number of hydrogen-bond donors (Lipinski definition) is 1. The molecular weight excluding hydrogens is 372 g/mol. The Kier molecular flexibility index (Phi) is 6.03. The molecule has 0 saturated heterocycles. The number of halogens is 2. The molecule has 0 fully saturated rings. The smallest absolute Gasteiger partial charge is 0.265 e. The highest BCUT2D eigenvalue weighted by molar-refractivity contribution is 7.12. The summed E-state index contributed by atoms with van der Waals surface area (Å²) in [5, 5.41) is 4.35. The van der Waals surface area contributed by atoms with Gasteiger partial charge in [-0.15, -0.1) is 11.3 Å². The van der Waals surface area contributed by atoms with Gasteiger partial charge in [-0.2, -0.15) is 0 Å². The van der Waals surface area contributed by atoms with Crippen molar-refractivity contribution in [3.63, 3.8) is 0 Å².